The Labute approximate surface area is 179 Å². The van der Waals surface area contributed by atoms with Gasteiger partial charge in [-0.2, -0.15) is 0 Å². The van der Waals surface area contributed by atoms with Crippen LogP contribution in [0.5, 0.6) is 0 Å². The van der Waals surface area contributed by atoms with Gasteiger partial charge in [0.25, 0.3) is 0 Å². The SMILES string of the molecule is Cl.Nc1ccc(CCNC(=O)C2CCN(C(=O)CCc3ccccc3)CC2)cc1. The fourth-order valence-electron chi connectivity index (χ4n) is 3.60. The van der Waals surface area contributed by atoms with Crippen molar-refractivity contribution in [2.75, 3.05) is 25.4 Å². The van der Waals surface area contributed by atoms with Crippen LogP contribution < -0.4 is 11.1 Å². The second kappa shape index (κ2) is 11.5. The average Bonchev–Trinajstić information content (AvgIpc) is 2.74. The molecule has 5 nitrogen and oxygen atoms in total. The van der Waals surface area contributed by atoms with Crippen LogP contribution >= 0.6 is 12.4 Å². The van der Waals surface area contributed by atoms with Crippen molar-refractivity contribution < 1.29 is 9.59 Å². The van der Waals surface area contributed by atoms with Gasteiger partial charge in [0.05, 0.1) is 0 Å². The van der Waals surface area contributed by atoms with Gasteiger partial charge in [-0.15, -0.1) is 12.4 Å². The molecule has 0 unspecified atom stereocenters. The van der Waals surface area contributed by atoms with Crippen molar-refractivity contribution in [3.05, 3.63) is 65.7 Å². The maximum atomic E-state index is 12.4. The van der Waals surface area contributed by atoms with E-state index in [0.717, 1.165) is 36.9 Å². The molecular formula is C23H30ClN3O2. The largest absolute Gasteiger partial charge is 0.399 e. The number of nitrogens with zero attached hydrogens (tertiary/aromatic N) is 1. The van der Waals surface area contributed by atoms with Gasteiger partial charge in [0.1, 0.15) is 0 Å². The first kappa shape index (κ1) is 22.8. The quantitative estimate of drug-likeness (QED) is 0.682. The summed E-state index contributed by atoms with van der Waals surface area (Å²) >= 11 is 0. The molecule has 2 aromatic rings. The standard InChI is InChI=1S/C23H29N3O2.ClH/c24-21-9-6-19(7-10-21)12-15-25-23(28)20-13-16-26(17-14-20)22(27)11-8-18-4-2-1-3-5-18;/h1-7,9-10,20H,8,11-17,24H2,(H,25,28);1H. The summed E-state index contributed by atoms with van der Waals surface area (Å²) in [6.07, 6.45) is 3.58. The van der Waals surface area contributed by atoms with E-state index in [1.807, 2.05) is 59.5 Å². The Kier molecular flexibility index (Phi) is 9.00. The average molecular weight is 416 g/mol. The molecule has 3 rings (SSSR count). The number of amides is 2. The fraction of sp³-hybridized carbons (Fsp3) is 0.391. The van der Waals surface area contributed by atoms with Crippen LogP contribution in [0.4, 0.5) is 5.69 Å². The molecule has 1 saturated heterocycles. The van der Waals surface area contributed by atoms with E-state index in [2.05, 4.69) is 5.32 Å². The van der Waals surface area contributed by atoms with Crippen LogP contribution in [0.15, 0.2) is 54.6 Å². The smallest absolute Gasteiger partial charge is 0.223 e. The second-order valence-corrected chi connectivity index (χ2v) is 7.42. The van der Waals surface area contributed by atoms with E-state index in [1.165, 1.54) is 5.56 Å². The number of nitrogen functional groups attached to an aromatic ring is 1. The number of nitrogens with two attached hydrogens (primary N) is 1. The van der Waals surface area contributed by atoms with E-state index in [1.54, 1.807) is 0 Å². The molecule has 0 saturated carbocycles. The molecule has 0 spiro atoms. The highest BCUT2D eigenvalue weighted by Crippen LogP contribution is 2.18. The van der Waals surface area contributed by atoms with E-state index in [0.29, 0.717) is 26.1 Å². The number of carbonyl (C=O) groups is 2. The van der Waals surface area contributed by atoms with Gasteiger partial charge in [0.2, 0.25) is 11.8 Å². The van der Waals surface area contributed by atoms with Crippen LogP contribution in [0, 0.1) is 5.92 Å². The van der Waals surface area contributed by atoms with Crippen molar-refractivity contribution in [1.29, 1.82) is 0 Å². The minimum atomic E-state index is 0. The van der Waals surface area contributed by atoms with Gasteiger partial charge in [-0.25, -0.2) is 0 Å². The molecule has 0 radical (unpaired) electrons. The molecule has 2 aromatic carbocycles. The lowest BCUT2D eigenvalue weighted by Gasteiger charge is -2.31. The van der Waals surface area contributed by atoms with Crippen molar-refractivity contribution >= 4 is 29.9 Å². The summed E-state index contributed by atoms with van der Waals surface area (Å²) in [5, 5.41) is 3.03. The predicted octanol–water partition coefficient (Wildman–Crippen LogP) is 3.22. The van der Waals surface area contributed by atoms with Gasteiger partial charge in [0, 0.05) is 37.7 Å². The molecule has 2 amide bonds. The van der Waals surface area contributed by atoms with E-state index >= 15 is 0 Å². The Morgan fingerprint density at radius 2 is 1.55 bits per heavy atom. The third kappa shape index (κ3) is 7.09. The van der Waals surface area contributed by atoms with Crippen LogP contribution in [0.3, 0.4) is 0 Å². The van der Waals surface area contributed by atoms with Crippen LogP contribution in [0.2, 0.25) is 0 Å². The zero-order chi connectivity index (χ0) is 19.8. The summed E-state index contributed by atoms with van der Waals surface area (Å²) in [5.74, 6) is 0.294. The van der Waals surface area contributed by atoms with Crippen LogP contribution in [-0.4, -0.2) is 36.3 Å². The summed E-state index contributed by atoms with van der Waals surface area (Å²) in [5.41, 5.74) is 8.78. The Morgan fingerprint density at radius 1 is 0.931 bits per heavy atom. The number of aryl methyl sites for hydroxylation is 1. The zero-order valence-corrected chi connectivity index (χ0v) is 17.5. The first-order chi connectivity index (χ1) is 13.6. The number of nitrogens with one attached hydrogen (secondary N) is 1. The third-order valence-electron chi connectivity index (χ3n) is 5.38. The normalized spacial score (nSPS) is 14.1. The Hall–Kier alpha value is -2.53. The monoisotopic (exact) mass is 415 g/mol. The summed E-state index contributed by atoms with van der Waals surface area (Å²) in [7, 11) is 0. The van der Waals surface area contributed by atoms with E-state index in [4.69, 9.17) is 5.73 Å². The molecule has 0 aromatic heterocycles. The minimum absolute atomic E-state index is 0. The molecule has 0 atom stereocenters. The highest BCUT2D eigenvalue weighted by Gasteiger charge is 2.26. The predicted molar refractivity (Wildman–Crippen MR) is 119 cm³/mol. The number of hydrogen-bond acceptors (Lipinski definition) is 3. The molecule has 3 N–H and O–H groups in total. The first-order valence-electron chi connectivity index (χ1n) is 10.1. The fourth-order valence-corrected chi connectivity index (χ4v) is 3.60. The summed E-state index contributed by atoms with van der Waals surface area (Å²) in [6, 6.07) is 17.8. The molecule has 0 aliphatic carbocycles. The van der Waals surface area contributed by atoms with Gasteiger partial charge in [-0.05, 0) is 48.9 Å². The second-order valence-electron chi connectivity index (χ2n) is 7.42. The summed E-state index contributed by atoms with van der Waals surface area (Å²) < 4.78 is 0. The minimum Gasteiger partial charge on any atom is -0.399 e. The number of rotatable bonds is 7. The van der Waals surface area contributed by atoms with E-state index in [9.17, 15) is 9.59 Å². The van der Waals surface area contributed by atoms with E-state index < -0.39 is 0 Å². The first-order valence-corrected chi connectivity index (χ1v) is 10.1. The topological polar surface area (TPSA) is 75.4 Å². The van der Waals surface area contributed by atoms with Crippen molar-refractivity contribution in [3.8, 4) is 0 Å². The number of piperidine rings is 1. The lowest BCUT2D eigenvalue weighted by atomic mass is 9.95. The molecule has 1 heterocycles. The van der Waals surface area contributed by atoms with Gasteiger partial charge >= 0.3 is 0 Å². The highest BCUT2D eigenvalue weighted by atomic mass is 35.5. The molecule has 1 aliphatic rings. The lowest BCUT2D eigenvalue weighted by molar-refractivity contribution is -0.135. The lowest BCUT2D eigenvalue weighted by Crippen LogP contribution is -2.43. The van der Waals surface area contributed by atoms with Crippen molar-refractivity contribution in [3.63, 3.8) is 0 Å². The molecule has 156 valence electrons. The van der Waals surface area contributed by atoms with E-state index in [-0.39, 0.29) is 30.1 Å². The van der Waals surface area contributed by atoms with Gasteiger partial charge in [-0.1, -0.05) is 42.5 Å². The number of anilines is 1. The molecule has 0 bridgehead atoms. The summed E-state index contributed by atoms with van der Waals surface area (Å²) in [6.45, 7) is 1.96. The Bertz CT molecular complexity index is 772. The summed E-state index contributed by atoms with van der Waals surface area (Å²) in [4.78, 5) is 26.7. The number of benzene rings is 2. The van der Waals surface area contributed by atoms with Crippen molar-refractivity contribution in [2.45, 2.75) is 32.1 Å². The van der Waals surface area contributed by atoms with Crippen LogP contribution in [0.1, 0.15) is 30.4 Å². The number of likely N-dealkylation sites (tertiary alicyclic amines) is 1. The number of halogens is 1. The Balaban J connectivity index is 0.00000300. The van der Waals surface area contributed by atoms with Crippen LogP contribution in [0.25, 0.3) is 0 Å². The zero-order valence-electron chi connectivity index (χ0n) is 16.7. The van der Waals surface area contributed by atoms with Crippen molar-refractivity contribution in [1.82, 2.24) is 10.2 Å². The third-order valence-corrected chi connectivity index (χ3v) is 5.38. The molecule has 6 heteroatoms. The van der Waals surface area contributed by atoms with Gasteiger partial charge < -0.3 is 16.0 Å². The van der Waals surface area contributed by atoms with Gasteiger partial charge in [-0.3, -0.25) is 9.59 Å². The Morgan fingerprint density at radius 3 is 2.21 bits per heavy atom. The maximum Gasteiger partial charge on any atom is 0.223 e. The molecule has 29 heavy (non-hydrogen) atoms. The molecule has 1 fully saturated rings. The number of hydrogen-bond donors (Lipinski definition) is 2. The highest BCUT2D eigenvalue weighted by molar-refractivity contribution is 5.85. The van der Waals surface area contributed by atoms with Gasteiger partial charge in [0.15, 0.2) is 0 Å². The molecular weight excluding hydrogens is 386 g/mol. The maximum absolute atomic E-state index is 12.4. The van der Waals surface area contributed by atoms with Crippen LogP contribution in [-0.2, 0) is 22.4 Å². The molecule has 1 aliphatic heterocycles. The number of carbonyl (C=O) groups excluding carboxylic acids is 2. The van der Waals surface area contributed by atoms with Crippen molar-refractivity contribution in [2.24, 2.45) is 5.92 Å².